The molecule has 1 heterocycles. The van der Waals surface area contributed by atoms with Crippen molar-refractivity contribution in [3.05, 3.63) is 64.7 Å². The zero-order valence-electron chi connectivity index (χ0n) is 16.3. The predicted molar refractivity (Wildman–Crippen MR) is 115 cm³/mol. The van der Waals surface area contributed by atoms with Gasteiger partial charge in [0, 0.05) is 12.0 Å². The molecule has 0 aliphatic rings. The molecule has 29 heavy (non-hydrogen) atoms. The maximum absolute atomic E-state index is 12.6. The number of hydrogen-bond donors (Lipinski definition) is 2. The molecule has 0 bridgehead atoms. The molecule has 0 saturated carbocycles. The van der Waals surface area contributed by atoms with E-state index in [1.807, 2.05) is 19.1 Å². The lowest BCUT2D eigenvalue weighted by Crippen LogP contribution is -2.15. The standard InChI is InChI=1S/C20H22N4O3S2/c1-13(2)12-18-22-23-20(28-18)21-19(25)15-8-10-16(11-9-15)29(26,27)24-17-7-5-4-6-14(17)3/h4-11,13,24H,12H2,1-3H3,(H,21,23,25). The number of nitrogens with one attached hydrogen (secondary N) is 2. The minimum absolute atomic E-state index is 0.0763. The van der Waals surface area contributed by atoms with Crippen LogP contribution in [0, 0.1) is 12.8 Å². The van der Waals surface area contributed by atoms with Crippen molar-refractivity contribution in [1.29, 1.82) is 0 Å². The van der Waals surface area contributed by atoms with E-state index in [0.717, 1.165) is 17.0 Å². The van der Waals surface area contributed by atoms with E-state index in [1.165, 1.54) is 35.6 Å². The van der Waals surface area contributed by atoms with Gasteiger partial charge in [-0.25, -0.2) is 8.42 Å². The van der Waals surface area contributed by atoms with Crippen LogP contribution in [0.5, 0.6) is 0 Å². The first kappa shape index (κ1) is 20.9. The number of anilines is 2. The van der Waals surface area contributed by atoms with E-state index < -0.39 is 10.0 Å². The average molecular weight is 431 g/mol. The Balaban J connectivity index is 1.69. The summed E-state index contributed by atoms with van der Waals surface area (Å²) >= 11 is 1.33. The monoisotopic (exact) mass is 430 g/mol. The van der Waals surface area contributed by atoms with E-state index in [9.17, 15) is 13.2 Å². The molecule has 0 radical (unpaired) electrons. The summed E-state index contributed by atoms with van der Waals surface area (Å²) in [5.74, 6) is 0.0855. The van der Waals surface area contributed by atoms with Gasteiger partial charge in [-0.1, -0.05) is 43.4 Å². The Kier molecular flexibility index (Phi) is 6.29. The highest BCUT2D eigenvalue weighted by atomic mass is 32.2. The number of carbonyl (C=O) groups excluding carboxylic acids is 1. The van der Waals surface area contributed by atoms with Gasteiger partial charge in [-0.2, -0.15) is 0 Å². The maximum Gasteiger partial charge on any atom is 0.261 e. The molecule has 0 spiro atoms. The molecule has 9 heteroatoms. The molecule has 2 aromatic carbocycles. The van der Waals surface area contributed by atoms with Crippen molar-refractivity contribution in [2.45, 2.75) is 32.1 Å². The Morgan fingerprint density at radius 1 is 1.07 bits per heavy atom. The summed E-state index contributed by atoms with van der Waals surface area (Å²) in [4.78, 5) is 12.5. The van der Waals surface area contributed by atoms with Crippen molar-refractivity contribution in [3.63, 3.8) is 0 Å². The van der Waals surface area contributed by atoms with Crippen LogP contribution >= 0.6 is 11.3 Å². The van der Waals surface area contributed by atoms with E-state index in [1.54, 1.807) is 12.1 Å². The predicted octanol–water partition coefficient (Wildman–Crippen LogP) is 4.10. The van der Waals surface area contributed by atoms with Gasteiger partial charge in [-0.3, -0.25) is 14.8 Å². The van der Waals surface area contributed by atoms with Gasteiger partial charge in [0.25, 0.3) is 15.9 Å². The summed E-state index contributed by atoms with van der Waals surface area (Å²) in [6.07, 6.45) is 0.800. The van der Waals surface area contributed by atoms with Crippen molar-refractivity contribution in [2.75, 3.05) is 10.0 Å². The molecule has 152 valence electrons. The van der Waals surface area contributed by atoms with Crippen LogP contribution in [0.25, 0.3) is 0 Å². The third kappa shape index (κ3) is 5.39. The van der Waals surface area contributed by atoms with Gasteiger partial charge < -0.3 is 0 Å². The van der Waals surface area contributed by atoms with E-state index in [2.05, 4.69) is 34.1 Å². The van der Waals surface area contributed by atoms with Crippen LogP contribution in [0.4, 0.5) is 10.8 Å². The molecule has 2 N–H and O–H groups in total. The third-order valence-corrected chi connectivity index (χ3v) is 6.33. The summed E-state index contributed by atoms with van der Waals surface area (Å²) < 4.78 is 27.7. The smallest absolute Gasteiger partial charge is 0.261 e. The highest BCUT2D eigenvalue weighted by Crippen LogP contribution is 2.21. The number of sulfonamides is 1. The van der Waals surface area contributed by atoms with Crippen molar-refractivity contribution in [1.82, 2.24) is 10.2 Å². The molecule has 1 amide bonds. The largest absolute Gasteiger partial charge is 0.296 e. The molecule has 0 atom stereocenters. The van der Waals surface area contributed by atoms with Crippen LogP contribution in [0.3, 0.4) is 0 Å². The number of benzene rings is 2. The van der Waals surface area contributed by atoms with Crippen LogP contribution in [-0.4, -0.2) is 24.5 Å². The first-order valence-corrected chi connectivity index (χ1v) is 11.4. The second-order valence-electron chi connectivity index (χ2n) is 7.00. The maximum atomic E-state index is 12.6. The molecule has 7 nitrogen and oxygen atoms in total. The fourth-order valence-electron chi connectivity index (χ4n) is 2.58. The number of para-hydroxylation sites is 1. The van der Waals surface area contributed by atoms with Gasteiger partial charge in [0.2, 0.25) is 5.13 Å². The number of rotatable bonds is 7. The number of amides is 1. The number of aromatic nitrogens is 2. The van der Waals surface area contributed by atoms with Crippen molar-refractivity contribution in [3.8, 4) is 0 Å². The van der Waals surface area contributed by atoms with Gasteiger partial charge in [-0.05, 0) is 48.7 Å². The lowest BCUT2D eigenvalue weighted by Gasteiger charge is -2.10. The van der Waals surface area contributed by atoms with Crippen LogP contribution in [0.1, 0.15) is 34.8 Å². The van der Waals surface area contributed by atoms with Gasteiger partial charge in [0.05, 0.1) is 10.6 Å². The molecule has 0 fully saturated rings. The highest BCUT2D eigenvalue weighted by molar-refractivity contribution is 7.92. The number of nitrogens with zero attached hydrogens (tertiary/aromatic N) is 2. The van der Waals surface area contributed by atoms with Gasteiger partial charge in [0.15, 0.2) is 0 Å². The molecule has 3 rings (SSSR count). The fraction of sp³-hybridized carbons (Fsp3) is 0.250. The molecule has 0 aliphatic carbocycles. The van der Waals surface area contributed by atoms with E-state index in [-0.39, 0.29) is 10.8 Å². The van der Waals surface area contributed by atoms with Gasteiger partial charge >= 0.3 is 0 Å². The summed E-state index contributed by atoms with van der Waals surface area (Å²) in [5, 5.41) is 12.0. The van der Waals surface area contributed by atoms with E-state index >= 15 is 0 Å². The van der Waals surface area contributed by atoms with E-state index in [0.29, 0.717) is 22.3 Å². The summed E-state index contributed by atoms with van der Waals surface area (Å²) in [6.45, 7) is 6.00. The number of hydrogen-bond acceptors (Lipinski definition) is 6. The highest BCUT2D eigenvalue weighted by Gasteiger charge is 2.17. The first-order chi connectivity index (χ1) is 13.7. The van der Waals surface area contributed by atoms with Crippen molar-refractivity contribution in [2.24, 2.45) is 5.92 Å². The van der Waals surface area contributed by atoms with Crippen LogP contribution in [0.2, 0.25) is 0 Å². The molecule has 1 aromatic heterocycles. The third-order valence-electron chi connectivity index (χ3n) is 4.09. The minimum Gasteiger partial charge on any atom is -0.296 e. The average Bonchev–Trinajstić information content (AvgIpc) is 3.09. The van der Waals surface area contributed by atoms with Crippen molar-refractivity contribution >= 4 is 38.1 Å². The van der Waals surface area contributed by atoms with E-state index in [4.69, 9.17) is 0 Å². The Morgan fingerprint density at radius 2 is 1.76 bits per heavy atom. The minimum atomic E-state index is -3.75. The summed E-state index contributed by atoms with van der Waals surface area (Å²) in [6, 6.07) is 12.9. The quantitative estimate of drug-likeness (QED) is 0.588. The Bertz CT molecular complexity index is 1110. The Hall–Kier alpha value is -2.78. The molecule has 0 aliphatic heterocycles. The second-order valence-corrected chi connectivity index (χ2v) is 9.74. The first-order valence-electron chi connectivity index (χ1n) is 9.07. The summed E-state index contributed by atoms with van der Waals surface area (Å²) in [5.41, 5.74) is 1.67. The van der Waals surface area contributed by atoms with Gasteiger partial charge in [-0.15, -0.1) is 10.2 Å². The Morgan fingerprint density at radius 3 is 2.41 bits per heavy atom. The zero-order valence-corrected chi connectivity index (χ0v) is 18.0. The lowest BCUT2D eigenvalue weighted by molar-refractivity contribution is 0.102. The SMILES string of the molecule is Cc1ccccc1NS(=O)(=O)c1ccc(C(=O)Nc2nnc(CC(C)C)s2)cc1. The number of aryl methyl sites for hydroxylation is 1. The topological polar surface area (TPSA) is 101 Å². The summed E-state index contributed by atoms with van der Waals surface area (Å²) in [7, 11) is -3.75. The van der Waals surface area contributed by atoms with Crippen LogP contribution < -0.4 is 10.0 Å². The molecule has 3 aromatic rings. The molecular weight excluding hydrogens is 408 g/mol. The number of carbonyl (C=O) groups is 1. The molecule has 0 unspecified atom stereocenters. The lowest BCUT2D eigenvalue weighted by atomic mass is 10.1. The normalized spacial score (nSPS) is 11.4. The van der Waals surface area contributed by atoms with Gasteiger partial charge in [0.1, 0.15) is 5.01 Å². The molecular formula is C20H22N4O3S2. The second kappa shape index (κ2) is 8.71. The van der Waals surface area contributed by atoms with Crippen molar-refractivity contribution < 1.29 is 13.2 Å². The Labute approximate surface area is 174 Å². The zero-order chi connectivity index (χ0) is 21.0. The molecule has 0 saturated heterocycles. The fourth-order valence-corrected chi connectivity index (χ4v) is 4.66. The van der Waals surface area contributed by atoms with Crippen LogP contribution in [0.15, 0.2) is 53.4 Å². The van der Waals surface area contributed by atoms with Crippen LogP contribution in [-0.2, 0) is 16.4 Å².